The molecule has 3 heteroatoms. The van der Waals surface area contributed by atoms with Gasteiger partial charge >= 0.3 is 0 Å². The molecule has 14 rings (SSSR count). The van der Waals surface area contributed by atoms with Crippen LogP contribution in [0.15, 0.2) is 296 Å². The van der Waals surface area contributed by atoms with Gasteiger partial charge in [0, 0.05) is 44.0 Å². The van der Waals surface area contributed by atoms with Crippen molar-refractivity contribution in [2.24, 2.45) is 0 Å². The van der Waals surface area contributed by atoms with Crippen molar-refractivity contribution in [1.29, 1.82) is 0 Å². The van der Waals surface area contributed by atoms with E-state index in [0.29, 0.717) is 0 Å². The van der Waals surface area contributed by atoms with Crippen molar-refractivity contribution in [3.63, 3.8) is 0 Å². The first-order chi connectivity index (χ1) is 37.2. The number of furan rings is 1. The van der Waals surface area contributed by atoms with E-state index in [4.69, 9.17) is 4.42 Å². The molecule has 0 amide bonds. The summed E-state index contributed by atoms with van der Waals surface area (Å²) in [6.45, 7) is 0. The van der Waals surface area contributed by atoms with Crippen LogP contribution in [0.1, 0.15) is 0 Å². The first kappa shape index (κ1) is 43.8. The first-order valence-corrected chi connectivity index (χ1v) is 25.6. The molecule has 0 aliphatic carbocycles. The zero-order chi connectivity index (χ0) is 49.7. The maximum Gasteiger partial charge on any atom is 0.136 e. The highest BCUT2D eigenvalue weighted by atomic mass is 16.3. The Hall–Kier alpha value is -9.96. The smallest absolute Gasteiger partial charge is 0.136 e. The number of para-hydroxylation sites is 3. The number of hydrogen-bond donors (Lipinski definition) is 0. The first-order valence-electron chi connectivity index (χ1n) is 25.6. The highest BCUT2D eigenvalue weighted by Crippen LogP contribution is 2.50. The predicted octanol–water partition coefficient (Wildman–Crippen LogP) is 20.7. The lowest BCUT2D eigenvalue weighted by Gasteiger charge is -2.32. The summed E-state index contributed by atoms with van der Waals surface area (Å²) in [5, 5.41) is 9.30. The van der Waals surface area contributed by atoms with E-state index in [2.05, 4.69) is 289 Å². The van der Waals surface area contributed by atoms with Crippen LogP contribution in [0.3, 0.4) is 0 Å². The third kappa shape index (κ3) is 7.86. The van der Waals surface area contributed by atoms with Gasteiger partial charge in [-0.2, -0.15) is 0 Å². The molecule has 1 aromatic heterocycles. The molecule has 14 aromatic rings. The van der Waals surface area contributed by atoms with E-state index in [-0.39, 0.29) is 0 Å². The molecule has 3 nitrogen and oxygen atoms in total. The van der Waals surface area contributed by atoms with Crippen LogP contribution in [-0.2, 0) is 0 Å². The molecule has 0 radical (unpaired) electrons. The molecule has 0 atom stereocenters. The molecule has 1 heterocycles. The third-order valence-corrected chi connectivity index (χ3v) is 14.8. The van der Waals surface area contributed by atoms with Gasteiger partial charge in [-0.25, -0.2) is 0 Å². The lowest BCUT2D eigenvalue weighted by Crippen LogP contribution is -2.14. The van der Waals surface area contributed by atoms with Crippen LogP contribution >= 0.6 is 0 Å². The van der Waals surface area contributed by atoms with Crippen LogP contribution in [0.2, 0.25) is 0 Å². The van der Waals surface area contributed by atoms with Crippen LogP contribution in [0.4, 0.5) is 34.1 Å². The van der Waals surface area contributed by atoms with Gasteiger partial charge in [-0.1, -0.05) is 224 Å². The summed E-state index contributed by atoms with van der Waals surface area (Å²) in [7, 11) is 0. The average molecular weight is 957 g/mol. The van der Waals surface area contributed by atoms with E-state index < -0.39 is 0 Å². The zero-order valence-electron chi connectivity index (χ0n) is 41.0. The number of benzene rings is 13. The highest BCUT2D eigenvalue weighted by molar-refractivity contribution is 6.13. The lowest BCUT2D eigenvalue weighted by atomic mass is 9.95. The maximum atomic E-state index is 6.31. The van der Waals surface area contributed by atoms with Crippen LogP contribution in [0.25, 0.3) is 98.8 Å². The quantitative estimate of drug-likeness (QED) is 0.136. The maximum absolute atomic E-state index is 6.31. The molecule has 352 valence electrons. The second-order valence-electron chi connectivity index (χ2n) is 19.2. The van der Waals surface area contributed by atoms with Crippen molar-refractivity contribution in [3.8, 4) is 44.5 Å². The van der Waals surface area contributed by atoms with Gasteiger partial charge in [0.25, 0.3) is 0 Å². The number of rotatable bonds is 10. The second-order valence-corrected chi connectivity index (χ2v) is 19.2. The van der Waals surface area contributed by atoms with Gasteiger partial charge in [0.1, 0.15) is 11.2 Å². The fourth-order valence-electron chi connectivity index (χ4n) is 11.3. The highest BCUT2D eigenvalue weighted by Gasteiger charge is 2.25. The molecular weight excluding hydrogens is 909 g/mol. The number of nitrogens with zero attached hydrogens (tertiary/aromatic N) is 2. The van der Waals surface area contributed by atoms with Crippen LogP contribution in [0.5, 0.6) is 0 Å². The molecule has 0 spiro atoms. The fourth-order valence-corrected chi connectivity index (χ4v) is 11.3. The predicted molar refractivity (Wildman–Crippen MR) is 317 cm³/mol. The van der Waals surface area contributed by atoms with Crippen molar-refractivity contribution < 1.29 is 4.42 Å². The van der Waals surface area contributed by atoms with E-state index in [0.717, 1.165) is 100 Å². The Morgan fingerprint density at radius 2 is 0.667 bits per heavy atom. The average Bonchev–Trinajstić information content (AvgIpc) is 3.89. The number of hydrogen-bond acceptors (Lipinski definition) is 3. The normalized spacial score (nSPS) is 11.5. The summed E-state index contributed by atoms with van der Waals surface area (Å²) < 4.78 is 6.31. The van der Waals surface area contributed by atoms with Gasteiger partial charge in [0.15, 0.2) is 0 Å². The zero-order valence-corrected chi connectivity index (χ0v) is 41.0. The minimum atomic E-state index is 0.897. The van der Waals surface area contributed by atoms with Crippen LogP contribution < -0.4 is 9.80 Å². The van der Waals surface area contributed by atoms with E-state index in [1.807, 2.05) is 12.1 Å². The monoisotopic (exact) mass is 956 g/mol. The summed E-state index contributed by atoms with van der Waals surface area (Å²) in [5.41, 5.74) is 17.5. The van der Waals surface area contributed by atoms with Gasteiger partial charge in [-0.3, -0.25) is 0 Å². The molecule has 0 bridgehead atoms. The summed E-state index contributed by atoms with van der Waals surface area (Å²) >= 11 is 0. The minimum Gasteiger partial charge on any atom is -0.456 e. The van der Waals surface area contributed by atoms with Gasteiger partial charge in [0.2, 0.25) is 0 Å². The Balaban J connectivity index is 0.933. The second kappa shape index (κ2) is 18.6. The van der Waals surface area contributed by atoms with Crippen molar-refractivity contribution >= 4 is 88.4 Å². The van der Waals surface area contributed by atoms with E-state index in [1.54, 1.807) is 0 Å². The summed E-state index contributed by atoms with van der Waals surface area (Å²) in [4.78, 5) is 4.92. The van der Waals surface area contributed by atoms with Gasteiger partial charge < -0.3 is 14.2 Å². The molecule has 0 aliphatic heterocycles. The van der Waals surface area contributed by atoms with Crippen molar-refractivity contribution in [3.05, 3.63) is 291 Å². The topological polar surface area (TPSA) is 19.6 Å². The number of anilines is 6. The summed E-state index contributed by atoms with van der Waals surface area (Å²) in [5.74, 6) is 0. The number of fused-ring (bicyclic) bond motifs is 6. The molecule has 0 N–H and O–H groups in total. The van der Waals surface area contributed by atoms with E-state index >= 15 is 0 Å². The largest absolute Gasteiger partial charge is 0.456 e. The van der Waals surface area contributed by atoms with Gasteiger partial charge in [-0.15, -0.1) is 0 Å². The van der Waals surface area contributed by atoms with Crippen molar-refractivity contribution in [1.82, 2.24) is 0 Å². The van der Waals surface area contributed by atoms with Gasteiger partial charge in [0.05, 0.1) is 22.7 Å². The molecule has 0 fully saturated rings. The molecule has 13 aromatic carbocycles. The summed E-state index contributed by atoms with van der Waals surface area (Å²) in [6, 6.07) is 105. The fraction of sp³-hybridized carbons (Fsp3) is 0. The van der Waals surface area contributed by atoms with Crippen molar-refractivity contribution in [2.45, 2.75) is 0 Å². The Labute approximate surface area is 436 Å². The molecule has 0 saturated carbocycles. The lowest BCUT2D eigenvalue weighted by molar-refractivity contribution is 0.669. The third-order valence-electron chi connectivity index (χ3n) is 14.8. The SMILES string of the molecule is c1ccc(-c2ccc(-c3cccc(N(c4ccccc4-c4ccccc4N(c4ccc5cc(-c6cccc7oc8ccccc8c67)ccc5c4)c4cccc5ccccc45)c4cccc5ccccc45)c3)cc2)cc1. The Morgan fingerprint density at radius 1 is 0.227 bits per heavy atom. The Morgan fingerprint density at radius 3 is 1.36 bits per heavy atom. The summed E-state index contributed by atoms with van der Waals surface area (Å²) in [6.07, 6.45) is 0. The molecule has 0 unspecified atom stereocenters. The molecule has 0 saturated heterocycles. The standard InChI is InChI=1S/C72H48N2O/c1-2-18-49(19-3-1)50-38-40-51(41-39-50)54-24-14-25-58(47-54)73(66-34-15-22-52-20-4-6-26-60(52)66)68-32-11-8-28-63(68)64-29-9-12-33-69(64)74(67-35-16-23-53-21-5-7-27-61(53)67)59-45-44-55-46-57(43-42-56(55)48-59)62-31-17-37-71-72(62)65-30-10-13-36-70(65)75-71/h1-48H. The van der Waals surface area contributed by atoms with Crippen molar-refractivity contribution in [2.75, 3.05) is 9.80 Å². The van der Waals surface area contributed by atoms with E-state index in [1.165, 1.54) is 32.7 Å². The van der Waals surface area contributed by atoms with Gasteiger partial charge in [-0.05, 0) is 122 Å². The Kier molecular flexibility index (Phi) is 10.8. The molecular formula is C72H48N2O. The van der Waals surface area contributed by atoms with Crippen LogP contribution in [-0.4, -0.2) is 0 Å². The molecule has 75 heavy (non-hydrogen) atoms. The van der Waals surface area contributed by atoms with Crippen LogP contribution in [0, 0.1) is 0 Å². The minimum absolute atomic E-state index is 0.897. The van der Waals surface area contributed by atoms with E-state index in [9.17, 15) is 0 Å². The molecule has 0 aliphatic rings. The Bertz CT molecular complexity index is 4430.